The minimum Gasteiger partial charge on any atom is -0.461 e. The number of hydrogen-bond donors (Lipinski definition) is 1. The largest absolute Gasteiger partial charge is 0.461 e. The number of nitrogens with one attached hydrogen (secondary N) is 1. The monoisotopic (exact) mass is 423 g/mol. The first-order valence-electron chi connectivity index (χ1n) is 10.6. The Hall–Kier alpha value is -3.19. The number of hydrogen-bond acceptors (Lipinski definition) is 6. The molecule has 0 saturated heterocycles. The van der Waals surface area contributed by atoms with Crippen molar-refractivity contribution in [3.63, 3.8) is 0 Å². The maximum absolute atomic E-state index is 12.5. The van der Waals surface area contributed by atoms with Crippen LogP contribution in [0.5, 0.6) is 0 Å². The lowest BCUT2D eigenvalue weighted by Gasteiger charge is -2.17. The number of nitrogens with zero attached hydrogens (tertiary/aromatic N) is 2. The van der Waals surface area contributed by atoms with Gasteiger partial charge in [-0.3, -0.25) is 4.79 Å². The molecule has 1 aromatic heterocycles. The van der Waals surface area contributed by atoms with Crippen LogP contribution in [-0.2, 0) is 16.0 Å². The van der Waals surface area contributed by atoms with Crippen LogP contribution in [0.4, 0.5) is 5.69 Å². The number of fused-ring (bicyclic) bond motifs is 1. The molecule has 0 atom stereocenters. The van der Waals surface area contributed by atoms with Crippen molar-refractivity contribution < 1.29 is 18.8 Å². The van der Waals surface area contributed by atoms with Crippen LogP contribution in [0.2, 0.25) is 0 Å². The fourth-order valence-corrected chi connectivity index (χ4v) is 3.31. The van der Waals surface area contributed by atoms with Crippen LogP contribution in [0.3, 0.4) is 0 Å². The second-order valence-corrected chi connectivity index (χ2v) is 7.53. The van der Waals surface area contributed by atoms with E-state index in [1.54, 1.807) is 24.3 Å². The third kappa shape index (κ3) is 5.70. The Balaban J connectivity index is 1.55. The molecular formula is C24H29N3O4. The Bertz CT molecular complexity index is 1050. The molecule has 0 aliphatic heterocycles. The van der Waals surface area contributed by atoms with E-state index >= 15 is 0 Å². The van der Waals surface area contributed by atoms with Crippen molar-refractivity contribution in [3.8, 4) is 0 Å². The first-order chi connectivity index (χ1) is 14.9. The van der Waals surface area contributed by atoms with E-state index in [-0.39, 0.29) is 18.3 Å². The zero-order chi connectivity index (χ0) is 22.4. The molecule has 0 unspecified atom stereocenters. The number of benzene rings is 2. The van der Waals surface area contributed by atoms with Crippen molar-refractivity contribution in [3.05, 3.63) is 58.8 Å². The van der Waals surface area contributed by atoms with Crippen molar-refractivity contribution in [2.24, 2.45) is 0 Å². The molecule has 164 valence electrons. The first kappa shape index (κ1) is 22.5. The van der Waals surface area contributed by atoms with Crippen LogP contribution in [0.1, 0.15) is 41.0 Å². The van der Waals surface area contributed by atoms with Gasteiger partial charge in [0.1, 0.15) is 12.3 Å². The molecule has 1 heterocycles. The fourth-order valence-electron chi connectivity index (χ4n) is 3.31. The van der Waals surface area contributed by atoms with Crippen molar-refractivity contribution in [2.45, 2.75) is 34.1 Å². The van der Waals surface area contributed by atoms with Gasteiger partial charge in [-0.15, -0.1) is 0 Å². The SMILES string of the molecule is CCN(CC)CCOC(=O)c1ccc(NC(=O)Cc2noc3cc(C)c(C)cc23)cc1. The highest BCUT2D eigenvalue weighted by molar-refractivity contribution is 5.95. The molecule has 2 aromatic carbocycles. The maximum Gasteiger partial charge on any atom is 0.338 e. The molecule has 7 nitrogen and oxygen atoms in total. The third-order valence-corrected chi connectivity index (χ3v) is 5.43. The molecule has 0 radical (unpaired) electrons. The molecule has 0 aliphatic carbocycles. The summed E-state index contributed by atoms with van der Waals surface area (Å²) in [6.45, 7) is 11.1. The van der Waals surface area contributed by atoms with E-state index in [0.29, 0.717) is 35.7 Å². The summed E-state index contributed by atoms with van der Waals surface area (Å²) in [7, 11) is 0. The molecular weight excluding hydrogens is 394 g/mol. The molecule has 1 amide bonds. The summed E-state index contributed by atoms with van der Waals surface area (Å²) in [6.07, 6.45) is 0.102. The number of anilines is 1. The topological polar surface area (TPSA) is 84.7 Å². The second-order valence-electron chi connectivity index (χ2n) is 7.53. The lowest BCUT2D eigenvalue weighted by atomic mass is 10.1. The summed E-state index contributed by atoms with van der Waals surface area (Å²) in [4.78, 5) is 26.8. The molecule has 3 aromatic rings. The van der Waals surface area contributed by atoms with E-state index in [1.807, 2.05) is 26.0 Å². The predicted octanol–water partition coefficient (Wildman–Crippen LogP) is 4.12. The summed E-state index contributed by atoms with van der Waals surface area (Å²) < 4.78 is 10.7. The number of amides is 1. The zero-order valence-corrected chi connectivity index (χ0v) is 18.5. The zero-order valence-electron chi connectivity index (χ0n) is 18.5. The molecule has 0 spiro atoms. The number of carbonyl (C=O) groups excluding carboxylic acids is 2. The van der Waals surface area contributed by atoms with Gasteiger partial charge in [0.25, 0.3) is 0 Å². The Labute approximate surface area is 182 Å². The van der Waals surface area contributed by atoms with Crippen molar-refractivity contribution in [1.29, 1.82) is 0 Å². The summed E-state index contributed by atoms with van der Waals surface area (Å²) in [5.41, 5.74) is 4.57. The summed E-state index contributed by atoms with van der Waals surface area (Å²) in [6, 6.07) is 10.6. The van der Waals surface area contributed by atoms with Gasteiger partial charge in [-0.05, 0) is 74.5 Å². The molecule has 0 aliphatic rings. The van der Waals surface area contributed by atoms with E-state index in [0.717, 1.165) is 29.6 Å². The Morgan fingerprint density at radius 2 is 1.74 bits per heavy atom. The van der Waals surface area contributed by atoms with Gasteiger partial charge in [0.2, 0.25) is 5.91 Å². The predicted molar refractivity (Wildman–Crippen MR) is 120 cm³/mol. The van der Waals surface area contributed by atoms with Crippen LogP contribution in [-0.4, -0.2) is 48.2 Å². The number of esters is 1. The number of likely N-dealkylation sites (N-methyl/N-ethyl adjacent to an activating group) is 1. The molecule has 0 saturated carbocycles. The van der Waals surface area contributed by atoms with Crippen LogP contribution in [0.15, 0.2) is 40.9 Å². The van der Waals surface area contributed by atoms with Gasteiger partial charge >= 0.3 is 5.97 Å². The average Bonchev–Trinajstić information content (AvgIpc) is 3.13. The quantitative estimate of drug-likeness (QED) is 0.521. The number of aryl methyl sites for hydroxylation is 2. The summed E-state index contributed by atoms with van der Waals surface area (Å²) in [5.74, 6) is -0.576. The number of rotatable bonds is 9. The molecule has 0 bridgehead atoms. The maximum atomic E-state index is 12.5. The second kappa shape index (κ2) is 10.2. The van der Waals surface area contributed by atoms with Gasteiger partial charge in [-0.1, -0.05) is 19.0 Å². The highest BCUT2D eigenvalue weighted by atomic mass is 16.5. The minimum atomic E-state index is -0.371. The van der Waals surface area contributed by atoms with Gasteiger partial charge in [0.15, 0.2) is 5.58 Å². The van der Waals surface area contributed by atoms with Gasteiger partial charge in [0.05, 0.1) is 12.0 Å². The van der Waals surface area contributed by atoms with Crippen LogP contribution in [0, 0.1) is 13.8 Å². The number of carbonyl (C=O) groups is 2. The molecule has 0 fully saturated rings. The lowest BCUT2D eigenvalue weighted by molar-refractivity contribution is -0.115. The van der Waals surface area contributed by atoms with E-state index in [9.17, 15) is 9.59 Å². The van der Waals surface area contributed by atoms with Crippen LogP contribution in [0.25, 0.3) is 11.0 Å². The minimum absolute atomic E-state index is 0.102. The van der Waals surface area contributed by atoms with Gasteiger partial charge in [-0.2, -0.15) is 0 Å². The standard InChI is InChI=1S/C24H29N3O4/c1-5-27(6-2)11-12-30-24(29)18-7-9-19(10-8-18)25-23(28)15-21-20-13-16(3)17(4)14-22(20)31-26-21/h7-10,13-14H,5-6,11-12,15H2,1-4H3,(H,25,28). The van der Waals surface area contributed by atoms with E-state index in [1.165, 1.54) is 0 Å². The van der Waals surface area contributed by atoms with Crippen molar-refractivity contribution >= 4 is 28.5 Å². The van der Waals surface area contributed by atoms with Crippen LogP contribution < -0.4 is 5.32 Å². The van der Waals surface area contributed by atoms with E-state index < -0.39 is 0 Å². The van der Waals surface area contributed by atoms with E-state index in [2.05, 4.69) is 29.2 Å². The molecule has 3 rings (SSSR count). The van der Waals surface area contributed by atoms with Crippen LogP contribution >= 0.6 is 0 Å². The van der Waals surface area contributed by atoms with Crippen molar-refractivity contribution in [2.75, 3.05) is 31.6 Å². The van der Waals surface area contributed by atoms with Crippen molar-refractivity contribution in [1.82, 2.24) is 10.1 Å². The normalized spacial score (nSPS) is 11.1. The molecule has 7 heteroatoms. The highest BCUT2D eigenvalue weighted by Gasteiger charge is 2.14. The Morgan fingerprint density at radius 1 is 1.06 bits per heavy atom. The summed E-state index contributed by atoms with van der Waals surface area (Å²) in [5, 5.41) is 7.73. The third-order valence-electron chi connectivity index (χ3n) is 5.43. The van der Waals surface area contributed by atoms with Gasteiger partial charge < -0.3 is 19.5 Å². The van der Waals surface area contributed by atoms with Gasteiger partial charge in [0, 0.05) is 17.6 Å². The highest BCUT2D eigenvalue weighted by Crippen LogP contribution is 2.23. The van der Waals surface area contributed by atoms with E-state index in [4.69, 9.17) is 9.26 Å². The Morgan fingerprint density at radius 3 is 2.42 bits per heavy atom. The number of ether oxygens (including phenoxy) is 1. The number of aromatic nitrogens is 1. The smallest absolute Gasteiger partial charge is 0.338 e. The molecule has 31 heavy (non-hydrogen) atoms. The first-order valence-corrected chi connectivity index (χ1v) is 10.6. The lowest BCUT2D eigenvalue weighted by Crippen LogP contribution is -2.27. The Kier molecular flexibility index (Phi) is 7.41. The van der Waals surface area contributed by atoms with Gasteiger partial charge in [-0.25, -0.2) is 4.79 Å². The summed E-state index contributed by atoms with van der Waals surface area (Å²) >= 11 is 0. The average molecular weight is 424 g/mol. The fraction of sp³-hybridized carbons (Fsp3) is 0.375. The molecule has 1 N–H and O–H groups in total.